The van der Waals surface area contributed by atoms with Crippen molar-refractivity contribution in [3.05, 3.63) is 52.5 Å². The molecule has 0 radical (unpaired) electrons. The molecule has 0 spiro atoms. The van der Waals surface area contributed by atoms with Gasteiger partial charge in [0.05, 0.1) is 18.2 Å². The first-order valence-corrected chi connectivity index (χ1v) is 10.6. The second-order valence-corrected chi connectivity index (χ2v) is 7.89. The highest BCUT2D eigenvalue weighted by molar-refractivity contribution is 6.35. The van der Waals surface area contributed by atoms with Crippen molar-refractivity contribution in [2.24, 2.45) is 0 Å². The predicted molar refractivity (Wildman–Crippen MR) is 120 cm³/mol. The molecule has 3 rings (SSSR count). The standard InChI is InChI=1S/C22H24Cl2N2O5/c1-14(31-22(28)15(2)30-20-8-3-16(23)13-19(20)24)21(27)25-17-4-6-18(7-5-17)26-9-11-29-12-10-26/h3-8,13-15H,9-12H2,1-2H3,(H,25,27)/t14-,15+/m1/s1. The van der Waals surface area contributed by atoms with Gasteiger partial charge in [0.1, 0.15) is 5.75 Å². The van der Waals surface area contributed by atoms with Gasteiger partial charge in [0.2, 0.25) is 0 Å². The summed E-state index contributed by atoms with van der Waals surface area (Å²) in [5.74, 6) is -0.825. The van der Waals surface area contributed by atoms with E-state index in [0.29, 0.717) is 29.7 Å². The molecule has 1 saturated heterocycles. The lowest BCUT2D eigenvalue weighted by Gasteiger charge is -2.29. The zero-order chi connectivity index (χ0) is 22.4. The fourth-order valence-corrected chi connectivity index (χ4v) is 3.41. The van der Waals surface area contributed by atoms with Crippen molar-refractivity contribution in [1.82, 2.24) is 0 Å². The van der Waals surface area contributed by atoms with Crippen LogP contribution in [0.3, 0.4) is 0 Å². The van der Waals surface area contributed by atoms with E-state index in [0.717, 1.165) is 18.8 Å². The minimum atomic E-state index is -1.00. The molecule has 0 bridgehead atoms. The van der Waals surface area contributed by atoms with Crippen molar-refractivity contribution in [2.45, 2.75) is 26.1 Å². The Morgan fingerprint density at radius 2 is 1.71 bits per heavy atom. The second kappa shape index (κ2) is 10.7. The zero-order valence-corrected chi connectivity index (χ0v) is 18.8. The molecule has 1 aliphatic heterocycles. The Morgan fingerprint density at radius 1 is 1.03 bits per heavy atom. The molecule has 1 fully saturated rings. The van der Waals surface area contributed by atoms with Gasteiger partial charge in [-0.15, -0.1) is 0 Å². The third-order valence-electron chi connectivity index (χ3n) is 4.70. The van der Waals surface area contributed by atoms with Gasteiger partial charge in [-0.05, 0) is 56.3 Å². The lowest BCUT2D eigenvalue weighted by molar-refractivity contribution is -0.159. The first-order chi connectivity index (χ1) is 14.8. The number of anilines is 2. The van der Waals surface area contributed by atoms with Gasteiger partial charge >= 0.3 is 5.97 Å². The van der Waals surface area contributed by atoms with Gasteiger partial charge < -0.3 is 24.4 Å². The Kier molecular flexibility index (Phi) is 8.01. The average Bonchev–Trinajstić information content (AvgIpc) is 2.76. The summed E-state index contributed by atoms with van der Waals surface area (Å²) in [6, 6.07) is 12.2. The number of carbonyl (C=O) groups is 2. The number of rotatable bonds is 7. The van der Waals surface area contributed by atoms with Crippen molar-refractivity contribution in [3.63, 3.8) is 0 Å². The monoisotopic (exact) mass is 466 g/mol. The molecular weight excluding hydrogens is 443 g/mol. The smallest absolute Gasteiger partial charge is 0.347 e. The number of amides is 1. The predicted octanol–water partition coefficient (Wildman–Crippen LogP) is 4.17. The number of halogens is 2. The first kappa shape index (κ1) is 23.2. The molecule has 1 N–H and O–H groups in total. The van der Waals surface area contributed by atoms with E-state index >= 15 is 0 Å². The minimum absolute atomic E-state index is 0.276. The number of nitrogens with one attached hydrogen (secondary N) is 1. The topological polar surface area (TPSA) is 77.1 Å². The SMILES string of the molecule is C[C@H](Oc1ccc(Cl)cc1Cl)C(=O)O[C@H](C)C(=O)Nc1ccc(N2CCOCC2)cc1. The minimum Gasteiger partial charge on any atom is -0.477 e. The van der Waals surface area contributed by atoms with E-state index in [-0.39, 0.29) is 5.02 Å². The lowest BCUT2D eigenvalue weighted by Crippen LogP contribution is -2.36. The highest BCUT2D eigenvalue weighted by Crippen LogP contribution is 2.28. The van der Waals surface area contributed by atoms with Crippen LogP contribution in [-0.2, 0) is 19.1 Å². The molecule has 31 heavy (non-hydrogen) atoms. The number of ether oxygens (including phenoxy) is 3. The first-order valence-electron chi connectivity index (χ1n) is 9.89. The van der Waals surface area contributed by atoms with Gasteiger partial charge in [-0.25, -0.2) is 4.79 Å². The summed E-state index contributed by atoms with van der Waals surface area (Å²) < 4.78 is 16.1. The van der Waals surface area contributed by atoms with Crippen LogP contribution in [0.5, 0.6) is 5.75 Å². The van der Waals surface area contributed by atoms with Crippen molar-refractivity contribution in [1.29, 1.82) is 0 Å². The molecule has 0 unspecified atom stereocenters. The van der Waals surface area contributed by atoms with Crippen LogP contribution in [0, 0.1) is 0 Å². The van der Waals surface area contributed by atoms with Crippen LogP contribution in [0.25, 0.3) is 0 Å². The van der Waals surface area contributed by atoms with Crippen LogP contribution in [0.1, 0.15) is 13.8 Å². The van der Waals surface area contributed by atoms with Crippen molar-refractivity contribution in [2.75, 3.05) is 36.5 Å². The maximum absolute atomic E-state index is 12.4. The number of nitrogens with zero attached hydrogens (tertiary/aromatic N) is 1. The van der Waals surface area contributed by atoms with Crippen molar-refractivity contribution >= 4 is 46.5 Å². The van der Waals surface area contributed by atoms with E-state index in [1.54, 1.807) is 12.1 Å². The summed E-state index contributed by atoms with van der Waals surface area (Å²) >= 11 is 11.9. The number of esters is 1. The maximum Gasteiger partial charge on any atom is 0.347 e. The zero-order valence-electron chi connectivity index (χ0n) is 17.3. The Bertz CT molecular complexity index is 917. The summed E-state index contributed by atoms with van der Waals surface area (Å²) in [5, 5.41) is 3.48. The van der Waals surface area contributed by atoms with E-state index in [1.165, 1.54) is 19.9 Å². The Hall–Kier alpha value is -2.48. The van der Waals surface area contributed by atoms with Crippen molar-refractivity contribution in [3.8, 4) is 5.75 Å². The Labute approximate surface area is 191 Å². The van der Waals surface area contributed by atoms with E-state index in [2.05, 4.69) is 10.2 Å². The second-order valence-electron chi connectivity index (χ2n) is 7.05. The quantitative estimate of drug-likeness (QED) is 0.617. The third kappa shape index (κ3) is 6.50. The molecule has 1 amide bonds. The highest BCUT2D eigenvalue weighted by atomic mass is 35.5. The van der Waals surface area contributed by atoms with Gasteiger partial charge in [-0.1, -0.05) is 23.2 Å². The van der Waals surface area contributed by atoms with Crippen LogP contribution in [0.2, 0.25) is 10.0 Å². The largest absolute Gasteiger partial charge is 0.477 e. The van der Waals surface area contributed by atoms with Gasteiger partial charge in [0.15, 0.2) is 12.2 Å². The normalized spacial score (nSPS) is 15.7. The summed E-state index contributed by atoms with van der Waals surface area (Å²) in [4.78, 5) is 26.9. The molecule has 166 valence electrons. The van der Waals surface area contributed by atoms with Crippen LogP contribution >= 0.6 is 23.2 Å². The van der Waals surface area contributed by atoms with Crippen LogP contribution in [0.4, 0.5) is 11.4 Å². The summed E-state index contributed by atoms with van der Waals surface area (Å²) in [7, 11) is 0. The summed E-state index contributed by atoms with van der Waals surface area (Å²) in [6.07, 6.45) is -1.96. The fourth-order valence-electron chi connectivity index (χ4n) is 2.95. The van der Waals surface area contributed by atoms with Crippen LogP contribution < -0.4 is 15.0 Å². The highest BCUT2D eigenvalue weighted by Gasteiger charge is 2.24. The molecule has 7 nitrogen and oxygen atoms in total. The van der Waals surface area contributed by atoms with E-state index in [9.17, 15) is 9.59 Å². The van der Waals surface area contributed by atoms with Gasteiger partial charge in [0, 0.05) is 29.5 Å². The summed E-state index contributed by atoms with van der Waals surface area (Å²) in [5.41, 5.74) is 1.68. The molecule has 1 aliphatic rings. The Morgan fingerprint density at radius 3 is 2.35 bits per heavy atom. The van der Waals surface area contributed by atoms with Gasteiger partial charge in [0.25, 0.3) is 5.91 Å². The molecule has 2 aromatic rings. The van der Waals surface area contributed by atoms with E-state index in [1.807, 2.05) is 24.3 Å². The molecule has 2 aromatic carbocycles. The molecular formula is C22H24Cl2N2O5. The van der Waals surface area contributed by atoms with Crippen LogP contribution in [-0.4, -0.2) is 50.4 Å². The Balaban J connectivity index is 1.50. The summed E-state index contributed by atoms with van der Waals surface area (Å²) in [6.45, 7) is 6.08. The molecule has 0 aliphatic carbocycles. The van der Waals surface area contributed by atoms with E-state index in [4.69, 9.17) is 37.4 Å². The molecule has 0 saturated carbocycles. The van der Waals surface area contributed by atoms with Gasteiger partial charge in [-0.2, -0.15) is 0 Å². The molecule has 1 heterocycles. The fraction of sp³-hybridized carbons (Fsp3) is 0.364. The van der Waals surface area contributed by atoms with Crippen LogP contribution in [0.15, 0.2) is 42.5 Å². The number of hydrogen-bond acceptors (Lipinski definition) is 6. The number of morpholine rings is 1. The molecule has 0 aromatic heterocycles. The average molecular weight is 467 g/mol. The van der Waals surface area contributed by atoms with Crippen molar-refractivity contribution < 1.29 is 23.8 Å². The maximum atomic E-state index is 12.4. The third-order valence-corrected chi connectivity index (χ3v) is 5.23. The lowest BCUT2D eigenvalue weighted by atomic mass is 10.2. The number of carbonyl (C=O) groups excluding carboxylic acids is 2. The molecule has 9 heteroatoms. The van der Waals surface area contributed by atoms with Gasteiger partial charge in [-0.3, -0.25) is 4.79 Å². The van der Waals surface area contributed by atoms with E-state index < -0.39 is 24.1 Å². The molecule has 2 atom stereocenters. The number of benzene rings is 2. The number of hydrogen-bond donors (Lipinski definition) is 1.